The highest BCUT2D eigenvalue weighted by molar-refractivity contribution is 5.91. The molecule has 0 bridgehead atoms. The van der Waals surface area contributed by atoms with Gasteiger partial charge in [-0.1, -0.05) is 0 Å². The predicted octanol–water partition coefficient (Wildman–Crippen LogP) is 1.07. The van der Waals surface area contributed by atoms with Gasteiger partial charge in [0.1, 0.15) is 11.5 Å². The van der Waals surface area contributed by atoms with Crippen LogP contribution in [0.3, 0.4) is 0 Å². The summed E-state index contributed by atoms with van der Waals surface area (Å²) < 4.78 is 0. The van der Waals surface area contributed by atoms with Gasteiger partial charge in [0.25, 0.3) is 5.91 Å². The van der Waals surface area contributed by atoms with Crippen molar-refractivity contribution in [2.45, 2.75) is 26.8 Å². The number of carbonyl (C=O) groups excluding carboxylic acids is 1. The van der Waals surface area contributed by atoms with Crippen LogP contribution in [0.15, 0.2) is 18.6 Å². The topological polar surface area (TPSA) is 86.8 Å². The molecule has 1 aliphatic rings. The Bertz CT molecular complexity index is 665. The molecule has 2 aromatic heterocycles. The Labute approximate surface area is 135 Å². The zero-order valence-electron chi connectivity index (χ0n) is 13.5. The molecule has 7 nitrogen and oxygen atoms in total. The first-order chi connectivity index (χ1) is 11.1. The van der Waals surface area contributed by atoms with E-state index in [1.54, 1.807) is 6.20 Å². The minimum atomic E-state index is -0.153. The minimum absolute atomic E-state index is 0.153. The van der Waals surface area contributed by atoms with Gasteiger partial charge < -0.3 is 10.3 Å². The molecule has 1 amide bonds. The summed E-state index contributed by atoms with van der Waals surface area (Å²) in [4.78, 5) is 30.1. The Hall–Kier alpha value is -2.28. The third kappa shape index (κ3) is 4.13. The third-order valence-electron chi connectivity index (χ3n) is 4.08. The van der Waals surface area contributed by atoms with Crippen molar-refractivity contribution in [2.24, 2.45) is 5.92 Å². The van der Waals surface area contributed by atoms with Gasteiger partial charge in [0, 0.05) is 37.7 Å². The van der Waals surface area contributed by atoms with Crippen LogP contribution in [0.5, 0.6) is 0 Å². The number of carbonyl (C=O) groups is 1. The van der Waals surface area contributed by atoms with Crippen molar-refractivity contribution >= 4 is 5.91 Å². The number of hydrogen-bond acceptors (Lipinski definition) is 5. The molecule has 1 saturated heterocycles. The lowest BCUT2D eigenvalue weighted by molar-refractivity contribution is 0.0942. The van der Waals surface area contributed by atoms with E-state index in [1.807, 2.05) is 20.0 Å². The Morgan fingerprint density at radius 2 is 2.17 bits per heavy atom. The average molecular weight is 314 g/mol. The highest BCUT2D eigenvalue weighted by atomic mass is 16.1. The number of nitrogens with one attached hydrogen (secondary N) is 2. The van der Waals surface area contributed by atoms with E-state index in [1.165, 1.54) is 6.20 Å². The molecule has 1 aliphatic heterocycles. The summed E-state index contributed by atoms with van der Waals surface area (Å²) in [6, 6.07) is 0. The minimum Gasteiger partial charge on any atom is -0.350 e. The van der Waals surface area contributed by atoms with Crippen molar-refractivity contribution in [3.05, 3.63) is 41.5 Å². The Morgan fingerprint density at radius 3 is 2.87 bits per heavy atom. The quantitative estimate of drug-likeness (QED) is 0.862. The van der Waals surface area contributed by atoms with Gasteiger partial charge in [-0.25, -0.2) is 9.97 Å². The van der Waals surface area contributed by atoms with Gasteiger partial charge in [0.2, 0.25) is 0 Å². The molecule has 1 fully saturated rings. The molecule has 2 N–H and O–H groups in total. The molecular formula is C16H22N6O. The van der Waals surface area contributed by atoms with E-state index in [2.05, 4.69) is 30.2 Å². The molecule has 1 atom stereocenters. The first-order valence-electron chi connectivity index (χ1n) is 7.90. The molecule has 0 unspecified atom stereocenters. The van der Waals surface area contributed by atoms with Gasteiger partial charge in [-0.15, -0.1) is 0 Å². The lowest BCUT2D eigenvalue weighted by Crippen LogP contribution is -2.31. The van der Waals surface area contributed by atoms with E-state index < -0.39 is 0 Å². The fourth-order valence-electron chi connectivity index (χ4n) is 2.85. The fraction of sp³-hybridized carbons (Fsp3) is 0.500. The normalized spacial score (nSPS) is 18.3. The molecule has 0 spiro atoms. The lowest BCUT2D eigenvalue weighted by atomic mass is 10.1. The maximum Gasteiger partial charge on any atom is 0.271 e. The molecule has 0 saturated carbocycles. The van der Waals surface area contributed by atoms with Crippen molar-refractivity contribution in [1.29, 1.82) is 0 Å². The molecular weight excluding hydrogens is 292 g/mol. The van der Waals surface area contributed by atoms with Crippen molar-refractivity contribution in [2.75, 3.05) is 19.6 Å². The summed E-state index contributed by atoms with van der Waals surface area (Å²) in [5.74, 6) is 1.27. The van der Waals surface area contributed by atoms with Crippen LogP contribution < -0.4 is 5.32 Å². The van der Waals surface area contributed by atoms with E-state index in [0.29, 0.717) is 18.2 Å². The molecule has 2 aromatic rings. The molecule has 0 radical (unpaired) electrons. The maximum absolute atomic E-state index is 12.0. The second kappa shape index (κ2) is 6.87. The number of aromatic amines is 1. The Morgan fingerprint density at radius 1 is 1.30 bits per heavy atom. The third-order valence-corrected chi connectivity index (χ3v) is 4.08. The molecule has 3 heterocycles. The van der Waals surface area contributed by atoms with E-state index in [-0.39, 0.29) is 5.91 Å². The van der Waals surface area contributed by atoms with Crippen molar-refractivity contribution in [1.82, 2.24) is 30.2 Å². The number of hydrogen-bond donors (Lipinski definition) is 2. The van der Waals surface area contributed by atoms with Crippen molar-refractivity contribution < 1.29 is 4.79 Å². The SMILES string of the molecule is Cc1cnc(C(=O)NC[C@@H]2CCN(Cc3cnc(C)[nH]3)C2)cn1. The maximum atomic E-state index is 12.0. The number of imidazole rings is 1. The van der Waals surface area contributed by atoms with Gasteiger partial charge in [-0.3, -0.25) is 14.7 Å². The fourth-order valence-corrected chi connectivity index (χ4v) is 2.85. The van der Waals surface area contributed by atoms with E-state index in [9.17, 15) is 4.79 Å². The van der Waals surface area contributed by atoms with Crippen molar-refractivity contribution in [3.8, 4) is 0 Å². The first-order valence-corrected chi connectivity index (χ1v) is 7.90. The number of nitrogens with zero attached hydrogens (tertiary/aromatic N) is 4. The van der Waals surface area contributed by atoms with Gasteiger partial charge in [0.15, 0.2) is 0 Å². The summed E-state index contributed by atoms with van der Waals surface area (Å²) in [6.45, 7) is 7.39. The Kier molecular flexibility index (Phi) is 4.66. The molecule has 7 heteroatoms. The molecule has 0 aromatic carbocycles. The number of rotatable bonds is 5. The smallest absolute Gasteiger partial charge is 0.271 e. The predicted molar refractivity (Wildman–Crippen MR) is 85.8 cm³/mol. The molecule has 0 aliphatic carbocycles. The van der Waals surface area contributed by atoms with Gasteiger partial charge in [0.05, 0.1) is 11.9 Å². The summed E-state index contributed by atoms with van der Waals surface area (Å²) in [5.41, 5.74) is 2.32. The van der Waals surface area contributed by atoms with Crippen molar-refractivity contribution in [3.63, 3.8) is 0 Å². The summed E-state index contributed by atoms with van der Waals surface area (Å²) in [6.07, 6.45) is 6.11. The van der Waals surface area contributed by atoms with E-state index in [4.69, 9.17) is 0 Å². The lowest BCUT2D eigenvalue weighted by Gasteiger charge is -2.15. The monoisotopic (exact) mass is 314 g/mol. The number of amides is 1. The molecule has 3 rings (SSSR count). The number of aromatic nitrogens is 4. The largest absolute Gasteiger partial charge is 0.350 e. The highest BCUT2D eigenvalue weighted by Gasteiger charge is 2.23. The second-order valence-corrected chi connectivity index (χ2v) is 6.14. The number of aryl methyl sites for hydroxylation is 2. The first kappa shape index (κ1) is 15.6. The van der Waals surface area contributed by atoms with Gasteiger partial charge >= 0.3 is 0 Å². The van der Waals surface area contributed by atoms with E-state index >= 15 is 0 Å². The Balaban J connectivity index is 1.44. The summed E-state index contributed by atoms with van der Waals surface area (Å²) in [5, 5.41) is 2.96. The second-order valence-electron chi connectivity index (χ2n) is 6.14. The van der Waals surface area contributed by atoms with Gasteiger partial charge in [-0.2, -0.15) is 0 Å². The van der Waals surface area contributed by atoms with Crippen LogP contribution >= 0.6 is 0 Å². The van der Waals surface area contributed by atoms with Crippen LogP contribution in [0, 0.1) is 19.8 Å². The zero-order valence-corrected chi connectivity index (χ0v) is 13.5. The van der Waals surface area contributed by atoms with Crippen LogP contribution in [0.2, 0.25) is 0 Å². The number of likely N-dealkylation sites (tertiary alicyclic amines) is 1. The zero-order chi connectivity index (χ0) is 16.2. The molecule has 122 valence electrons. The average Bonchev–Trinajstić information content (AvgIpc) is 3.15. The molecule has 23 heavy (non-hydrogen) atoms. The highest BCUT2D eigenvalue weighted by Crippen LogP contribution is 2.17. The van der Waals surface area contributed by atoms with Crippen LogP contribution in [0.1, 0.15) is 34.1 Å². The van der Waals surface area contributed by atoms with Crippen LogP contribution in [0.4, 0.5) is 0 Å². The van der Waals surface area contributed by atoms with Crippen LogP contribution in [-0.2, 0) is 6.54 Å². The van der Waals surface area contributed by atoms with Gasteiger partial charge in [-0.05, 0) is 32.7 Å². The van der Waals surface area contributed by atoms with E-state index in [0.717, 1.165) is 43.3 Å². The standard InChI is InChI=1S/C16H22N6O/c1-11-5-19-15(8-17-11)16(23)20-6-13-3-4-22(9-13)10-14-7-18-12(2)21-14/h5,7-8,13H,3-4,6,9-10H2,1-2H3,(H,18,21)(H,20,23)/t13-/m0/s1. The summed E-state index contributed by atoms with van der Waals surface area (Å²) >= 11 is 0. The van der Waals surface area contributed by atoms with Crippen LogP contribution in [-0.4, -0.2) is 50.4 Å². The van der Waals surface area contributed by atoms with Crippen LogP contribution in [0.25, 0.3) is 0 Å². The number of H-pyrrole nitrogens is 1. The summed E-state index contributed by atoms with van der Waals surface area (Å²) in [7, 11) is 0.